The fourth-order valence-corrected chi connectivity index (χ4v) is 2.22. The molecule has 20 heavy (non-hydrogen) atoms. The van der Waals surface area contributed by atoms with Gasteiger partial charge in [-0.25, -0.2) is 0 Å². The molecule has 0 fully saturated rings. The average Bonchev–Trinajstić information content (AvgIpc) is 2.52. The molecule has 0 aromatic heterocycles. The van der Waals surface area contributed by atoms with E-state index in [1.54, 1.807) is 0 Å². The molecule has 106 valence electrons. The van der Waals surface area contributed by atoms with E-state index in [1.165, 1.54) is 24.0 Å². The predicted octanol–water partition coefficient (Wildman–Crippen LogP) is 3.29. The minimum atomic E-state index is 0.118. The summed E-state index contributed by atoms with van der Waals surface area (Å²) in [6.07, 6.45) is 3.58. The van der Waals surface area contributed by atoms with Crippen molar-refractivity contribution in [2.75, 3.05) is 6.54 Å². The Morgan fingerprint density at radius 3 is 2.15 bits per heavy atom. The molecule has 0 aliphatic rings. The van der Waals surface area contributed by atoms with E-state index in [2.05, 4.69) is 47.8 Å². The van der Waals surface area contributed by atoms with Gasteiger partial charge in [-0.2, -0.15) is 0 Å². The molecule has 0 saturated carbocycles. The zero-order valence-electron chi connectivity index (χ0n) is 11.9. The van der Waals surface area contributed by atoms with E-state index in [0.717, 1.165) is 25.1 Å². The number of hydrogen-bond donors (Lipinski definition) is 2. The first kappa shape index (κ1) is 14.8. The third-order valence-corrected chi connectivity index (χ3v) is 3.45. The van der Waals surface area contributed by atoms with Crippen molar-refractivity contribution in [1.29, 1.82) is 0 Å². The van der Waals surface area contributed by atoms with Crippen molar-refractivity contribution < 1.29 is 5.11 Å². The number of hydrogen-bond acceptors (Lipinski definition) is 2. The summed E-state index contributed by atoms with van der Waals surface area (Å²) in [4.78, 5) is 0. The summed E-state index contributed by atoms with van der Waals surface area (Å²) in [6.45, 7) is 2.07. The molecule has 2 aromatic carbocycles. The van der Waals surface area contributed by atoms with Crippen molar-refractivity contribution in [3.63, 3.8) is 0 Å². The van der Waals surface area contributed by atoms with Crippen LogP contribution in [0.25, 0.3) is 0 Å². The standard InChI is InChI=1S/C18H23NO/c20-15-18-11-9-17(10-12-18)14-19-13-5-4-8-16-6-2-1-3-7-16/h1-3,6-7,9-12,19-20H,4-5,8,13-15H2. The van der Waals surface area contributed by atoms with Crippen molar-refractivity contribution in [2.45, 2.75) is 32.4 Å². The molecule has 0 amide bonds. The van der Waals surface area contributed by atoms with Gasteiger partial charge in [0.15, 0.2) is 0 Å². The van der Waals surface area contributed by atoms with Crippen LogP contribution in [0.4, 0.5) is 0 Å². The first-order chi connectivity index (χ1) is 9.88. The van der Waals surface area contributed by atoms with E-state index < -0.39 is 0 Å². The minimum absolute atomic E-state index is 0.118. The lowest BCUT2D eigenvalue weighted by Gasteiger charge is -2.06. The summed E-state index contributed by atoms with van der Waals surface area (Å²) in [5.41, 5.74) is 3.66. The van der Waals surface area contributed by atoms with Gasteiger partial charge in [0.1, 0.15) is 0 Å². The van der Waals surface area contributed by atoms with Crippen LogP contribution in [0.15, 0.2) is 54.6 Å². The van der Waals surface area contributed by atoms with E-state index in [9.17, 15) is 0 Å². The number of aliphatic hydroxyl groups is 1. The van der Waals surface area contributed by atoms with Crippen molar-refractivity contribution >= 4 is 0 Å². The van der Waals surface area contributed by atoms with Gasteiger partial charge in [-0.15, -0.1) is 0 Å². The van der Waals surface area contributed by atoms with Crippen molar-refractivity contribution in [3.8, 4) is 0 Å². The minimum Gasteiger partial charge on any atom is -0.392 e. The van der Waals surface area contributed by atoms with E-state index >= 15 is 0 Å². The summed E-state index contributed by atoms with van der Waals surface area (Å²) in [5, 5.41) is 12.4. The number of benzene rings is 2. The summed E-state index contributed by atoms with van der Waals surface area (Å²) >= 11 is 0. The van der Waals surface area contributed by atoms with Crippen LogP contribution in [-0.2, 0) is 19.6 Å². The van der Waals surface area contributed by atoms with Crippen LogP contribution < -0.4 is 5.32 Å². The maximum absolute atomic E-state index is 8.98. The lowest BCUT2D eigenvalue weighted by Crippen LogP contribution is -2.14. The fourth-order valence-electron chi connectivity index (χ4n) is 2.22. The maximum atomic E-state index is 8.98. The molecule has 2 rings (SSSR count). The number of nitrogens with one attached hydrogen (secondary N) is 1. The summed E-state index contributed by atoms with van der Waals surface area (Å²) in [6, 6.07) is 18.7. The molecule has 0 unspecified atom stereocenters. The van der Waals surface area contributed by atoms with Gasteiger partial charge in [-0.05, 0) is 42.5 Å². The Kier molecular flexibility index (Phi) is 6.28. The highest BCUT2D eigenvalue weighted by Gasteiger charge is 1.95. The Hall–Kier alpha value is -1.64. The first-order valence-corrected chi connectivity index (χ1v) is 7.32. The highest BCUT2D eigenvalue weighted by molar-refractivity contribution is 5.21. The number of aryl methyl sites for hydroxylation is 1. The molecule has 0 spiro atoms. The molecule has 2 aromatic rings. The second-order valence-corrected chi connectivity index (χ2v) is 5.09. The molecular formula is C18H23NO. The van der Waals surface area contributed by atoms with Gasteiger partial charge in [-0.1, -0.05) is 54.6 Å². The molecule has 2 heteroatoms. The van der Waals surface area contributed by atoms with Crippen LogP contribution >= 0.6 is 0 Å². The average molecular weight is 269 g/mol. The lowest BCUT2D eigenvalue weighted by molar-refractivity contribution is 0.282. The van der Waals surface area contributed by atoms with Gasteiger partial charge >= 0.3 is 0 Å². The fraction of sp³-hybridized carbons (Fsp3) is 0.333. The smallest absolute Gasteiger partial charge is 0.0681 e. The van der Waals surface area contributed by atoms with E-state index in [-0.39, 0.29) is 6.61 Å². The van der Waals surface area contributed by atoms with Crippen LogP contribution in [0.3, 0.4) is 0 Å². The zero-order valence-corrected chi connectivity index (χ0v) is 11.9. The maximum Gasteiger partial charge on any atom is 0.0681 e. The number of rotatable bonds is 8. The monoisotopic (exact) mass is 269 g/mol. The Morgan fingerprint density at radius 2 is 1.45 bits per heavy atom. The molecule has 0 saturated heterocycles. The van der Waals surface area contributed by atoms with Crippen molar-refractivity contribution in [1.82, 2.24) is 5.32 Å². The Bertz CT molecular complexity index is 479. The zero-order chi connectivity index (χ0) is 14.0. The van der Waals surface area contributed by atoms with Gasteiger partial charge in [-0.3, -0.25) is 0 Å². The molecule has 0 atom stereocenters. The Morgan fingerprint density at radius 1 is 0.750 bits per heavy atom. The molecule has 2 N–H and O–H groups in total. The molecule has 0 bridgehead atoms. The van der Waals surface area contributed by atoms with E-state index in [4.69, 9.17) is 5.11 Å². The van der Waals surface area contributed by atoms with Crippen molar-refractivity contribution in [3.05, 3.63) is 71.3 Å². The van der Waals surface area contributed by atoms with Crippen LogP contribution in [-0.4, -0.2) is 11.7 Å². The largest absolute Gasteiger partial charge is 0.392 e. The summed E-state index contributed by atoms with van der Waals surface area (Å²) in [7, 11) is 0. The van der Waals surface area contributed by atoms with Gasteiger partial charge in [0, 0.05) is 6.54 Å². The van der Waals surface area contributed by atoms with Gasteiger partial charge in [0.2, 0.25) is 0 Å². The Balaban J connectivity index is 1.57. The van der Waals surface area contributed by atoms with E-state index in [0.29, 0.717) is 0 Å². The van der Waals surface area contributed by atoms with Crippen LogP contribution in [0.1, 0.15) is 29.5 Å². The van der Waals surface area contributed by atoms with Crippen LogP contribution in [0, 0.1) is 0 Å². The van der Waals surface area contributed by atoms with Gasteiger partial charge in [0.05, 0.1) is 6.61 Å². The predicted molar refractivity (Wildman–Crippen MR) is 83.5 cm³/mol. The lowest BCUT2D eigenvalue weighted by atomic mass is 10.1. The number of unbranched alkanes of at least 4 members (excludes halogenated alkanes) is 1. The highest BCUT2D eigenvalue weighted by Crippen LogP contribution is 2.05. The molecule has 0 aliphatic carbocycles. The number of aliphatic hydroxyl groups excluding tert-OH is 1. The molecule has 0 radical (unpaired) electrons. The first-order valence-electron chi connectivity index (χ1n) is 7.32. The van der Waals surface area contributed by atoms with Crippen LogP contribution in [0.5, 0.6) is 0 Å². The second-order valence-electron chi connectivity index (χ2n) is 5.09. The topological polar surface area (TPSA) is 32.3 Å². The summed E-state index contributed by atoms with van der Waals surface area (Å²) in [5.74, 6) is 0. The third-order valence-electron chi connectivity index (χ3n) is 3.45. The third kappa shape index (κ3) is 5.16. The van der Waals surface area contributed by atoms with Gasteiger partial charge in [0.25, 0.3) is 0 Å². The SMILES string of the molecule is OCc1ccc(CNCCCCc2ccccc2)cc1. The second kappa shape index (κ2) is 8.51. The van der Waals surface area contributed by atoms with Gasteiger partial charge < -0.3 is 10.4 Å². The molecular weight excluding hydrogens is 246 g/mol. The molecule has 2 nitrogen and oxygen atoms in total. The quantitative estimate of drug-likeness (QED) is 0.721. The van der Waals surface area contributed by atoms with Crippen molar-refractivity contribution in [2.24, 2.45) is 0 Å². The summed E-state index contributed by atoms with van der Waals surface area (Å²) < 4.78 is 0. The Labute approximate surface area is 121 Å². The highest BCUT2D eigenvalue weighted by atomic mass is 16.3. The molecule has 0 aliphatic heterocycles. The van der Waals surface area contributed by atoms with Crippen LogP contribution in [0.2, 0.25) is 0 Å². The molecule has 0 heterocycles. The normalized spacial score (nSPS) is 10.7. The van der Waals surface area contributed by atoms with E-state index in [1.807, 2.05) is 12.1 Å².